The first-order valence-corrected chi connectivity index (χ1v) is 6.15. The van der Waals surface area contributed by atoms with Crippen LogP contribution >= 0.6 is 11.3 Å². The van der Waals surface area contributed by atoms with E-state index in [0.717, 1.165) is 11.3 Å². The number of hydrogen-bond donors (Lipinski definition) is 1. The Hall–Kier alpha value is -2.48. The number of aromatic nitrogens is 4. The molecule has 0 aliphatic heterocycles. The average Bonchev–Trinajstić information content (AvgIpc) is 2.98. The van der Waals surface area contributed by atoms with E-state index in [0.29, 0.717) is 22.7 Å². The van der Waals surface area contributed by atoms with Gasteiger partial charge in [-0.3, -0.25) is 4.68 Å². The molecule has 0 aliphatic rings. The second-order valence-electron chi connectivity index (χ2n) is 3.74. The van der Waals surface area contributed by atoms with E-state index in [-0.39, 0.29) is 4.88 Å². The lowest BCUT2D eigenvalue weighted by atomic mass is 10.4. The molecular weight excluding hydrogens is 268 g/mol. The third kappa shape index (κ3) is 2.02. The summed E-state index contributed by atoms with van der Waals surface area (Å²) in [6.07, 6.45) is 2.99. The Bertz CT molecular complexity index is 764. The van der Waals surface area contributed by atoms with Crippen LogP contribution in [0.2, 0.25) is 0 Å². The normalized spacial score (nSPS) is 10.8. The van der Waals surface area contributed by atoms with Gasteiger partial charge in [-0.1, -0.05) is 0 Å². The molecule has 0 saturated heterocycles. The molecule has 0 aromatic carbocycles. The molecule has 3 heterocycles. The van der Waals surface area contributed by atoms with Crippen molar-refractivity contribution in [3.05, 3.63) is 28.8 Å². The molecule has 0 saturated carbocycles. The lowest BCUT2D eigenvalue weighted by Gasteiger charge is -2.02. The van der Waals surface area contributed by atoms with Gasteiger partial charge in [-0.05, 0) is 0 Å². The zero-order valence-electron chi connectivity index (χ0n) is 9.77. The average molecular weight is 276 g/mol. The fourth-order valence-corrected chi connectivity index (χ4v) is 2.26. The van der Waals surface area contributed by atoms with Gasteiger partial charge in [-0.15, -0.1) is 11.3 Å². The molecule has 3 aromatic heterocycles. The standard InChI is InChI=1S/C11H8N4O3S/c1-15-9-7(3-14-15)10(13-5-12-9)18-6-2-8(11(16)17)19-4-6/h2-5H,1H3,(H,16,17). The number of nitrogens with zero attached hydrogens (tertiary/aromatic N) is 4. The SMILES string of the molecule is Cn1ncc2c(Oc3csc(C(=O)O)c3)ncnc21. The number of aryl methyl sites for hydroxylation is 1. The summed E-state index contributed by atoms with van der Waals surface area (Å²) >= 11 is 1.10. The van der Waals surface area contributed by atoms with Crippen LogP contribution in [0.3, 0.4) is 0 Å². The maximum Gasteiger partial charge on any atom is 0.346 e. The molecule has 0 unspecified atom stereocenters. The molecule has 0 spiro atoms. The third-order valence-electron chi connectivity index (χ3n) is 2.49. The maximum atomic E-state index is 10.8. The summed E-state index contributed by atoms with van der Waals surface area (Å²) in [6, 6.07) is 1.46. The quantitative estimate of drug-likeness (QED) is 0.786. The predicted octanol–water partition coefficient (Wildman–Crippen LogP) is 1.92. The van der Waals surface area contributed by atoms with Gasteiger partial charge in [0.2, 0.25) is 5.88 Å². The molecule has 0 bridgehead atoms. The molecule has 0 atom stereocenters. The summed E-state index contributed by atoms with van der Waals surface area (Å²) in [4.78, 5) is 19.1. The molecule has 7 nitrogen and oxygen atoms in total. The van der Waals surface area contributed by atoms with Gasteiger partial charge in [0, 0.05) is 18.5 Å². The molecule has 0 fully saturated rings. The van der Waals surface area contributed by atoms with E-state index in [9.17, 15) is 4.79 Å². The Labute approximate surface area is 111 Å². The fraction of sp³-hybridized carbons (Fsp3) is 0.0909. The van der Waals surface area contributed by atoms with E-state index < -0.39 is 5.97 Å². The summed E-state index contributed by atoms with van der Waals surface area (Å²) < 4.78 is 7.19. The molecular formula is C11H8N4O3S. The summed E-state index contributed by atoms with van der Waals surface area (Å²) in [5.74, 6) is -0.187. The number of carboxylic acid groups (broad SMARTS) is 1. The number of carbonyl (C=O) groups is 1. The largest absolute Gasteiger partial charge is 0.477 e. The van der Waals surface area contributed by atoms with Crippen LogP contribution < -0.4 is 4.74 Å². The molecule has 0 aliphatic carbocycles. The topological polar surface area (TPSA) is 90.1 Å². The number of rotatable bonds is 3. The number of hydrogen-bond acceptors (Lipinski definition) is 6. The van der Waals surface area contributed by atoms with Gasteiger partial charge < -0.3 is 9.84 Å². The molecule has 96 valence electrons. The molecule has 8 heteroatoms. The fourth-order valence-electron chi connectivity index (χ4n) is 1.62. The van der Waals surface area contributed by atoms with Crippen LogP contribution in [0.1, 0.15) is 9.67 Å². The van der Waals surface area contributed by atoms with E-state index in [2.05, 4.69) is 15.1 Å². The molecule has 3 rings (SSSR count). The summed E-state index contributed by atoms with van der Waals surface area (Å²) in [7, 11) is 1.77. The van der Waals surface area contributed by atoms with Crippen LogP contribution in [0.4, 0.5) is 0 Å². The highest BCUT2D eigenvalue weighted by molar-refractivity contribution is 7.12. The van der Waals surface area contributed by atoms with E-state index in [1.807, 2.05) is 0 Å². The van der Waals surface area contributed by atoms with Crippen molar-refractivity contribution in [2.75, 3.05) is 0 Å². The Kier molecular flexibility index (Phi) is 2.64. The Morgan fingerprint density at radius 2 is 2.32 bits per heavy atom. The van der Waals surface area contributed by atoms with Gasteiger partial charge in [0.15, 0.2) is 5.65 Å². The Morgan fingerprint density at radius 1 is 1.47 bits per heavy atom. The zero-order chi connectivity index (χ0) is 13.4. The summed E-state index contributed by atoms with van der Waals surface area (Å²) in [5, 5.41) is 15.2. The van der Waals surface area contributed by atoms with E-state index in [4.69, 9.17) is 9.84 Å². The number of fused-ring (bicyclic) bond motifs is 1. The van der Waals surface area contributed by atoms with Crippen molar-refractivity contribution in [1.82, 2.24) is 19.7 Å². The second-order valence-corrected chi connectivity index (χ2v) is 4.65. The molecule has 0 radical (unpaired) electrons. The van der Waals surface area contributed by atoms with Crippen LogP contribution in [0.15, 0.2) is 24.0 Å². The van der Waals surface area contributed by atoms with Crippen molar-refractivity contribution in [1.29, 1.82) is 0 Å². The highest BCUT2D eigenvalue weighted by Gasteiger charge is 2.12. The van der Waals surface area contributed by atoms with E-state index >= 15 is 0 Å². The molecule has 3 aromatic rings. The first-order chi connectivity index (χ1) is 9.15. The van der Waals surface area contributed by atoms with Crippen LogP contribution in [-0.4, -0.2) is 30.8 Å². The third-order valence-corrected chi connectivity index (χ3v) is 3.39. The van der Waals surface area contributed by atoms with Crippen LogP contribution in [0, 0.1) is 0 Å². The molecule has 1 N–H and O–H groups in total. The van der Waals surface area contributed by atoms with Crippen molar-refractivity contribution in [2.45, 2.75) is 0 Å². The van der Waals surface area contributed by atoms with Gasteiger partial charge in [0.25, 0.3) is 0 Å². The highest BCUT2D eigenvalue weighted by Crippen LogP contribution is 2.29. The van der Waals surface area contributed by atoms with Crippen molar-refractivity contribution >= 4 is 28.3 Å². The monoisotopic (exact) mass is 276 g/mol. The molecule has 19 heavy (non-hydrogen) atoms. The Balaban J connectivity index is 1.98. The van der Waals surface area contributed by atoms with Crippen molar-refractivity contribution < 1.29 is 14.6 Å². The minimum absolute atomic E-state index is 0.214. The minimum atomic E-state index is -0.978. The van der Waals surface area contributed by atoms with Crippen molar-refractivity contribution in [2.24, 2.45) is 7.05 Å². The number of thiophene rings is 1. The lowest BCUT2D eigenvalue weighted by Crippen LogP contribution is -1.94. The zero-order valence-corrected chi connectivity index (χ0v) is 10.6. The van der Waals surface area contributed by atoms with Gasteiger partial charge >= 0.3 is 5.97 Å². The predicted molar refractivity (Wildman–Crippen MR) is 67.7 cm³/mol. The van der Waals surface area contributed by atoms with E-state index in [1.165, 1.54) is 12.4 Å². The number of ether oxygens (including phenoxy) is 1. The molecule has 0 amide bonds. The summed E-state index contributed by atoms with van der Waals surface area (Å²) in [5.41, 5.74) is 0.652. The van der Waals surface area contributed by atoms with E-state index in [1.54, 1.807) is 23.3 Å². The first kappa shape index (κ1) is 11.6. The maximum absolute atomic E-state index is 10.8. The number of aromatic carboxylic acids is 1. The van der Waals surface area contributed by atoms with Gasteiger partial charge in [0.1, 0.15) is 22.3 Å². The van der Waals surface area contributed by atoms with Gasteiger partial charge in [0.05, 0.1) is 6.20 Å². The second kappa shape index (κ2) is 4.32. The van der Waals surface area contributed by atoms with Crippen molar-refractivity contribution in [3.8, 4) is 11.6 Å². The smallest absolute Gasteiger partial charge is 0.346 e. The van der Waals surface area contributed by atoms with Crippen LogP contribution in [0.5, 0.6) is 11.6 Å². The lowest BCUT2D eigenvalue weighted by molar-refractivity contribution is 0.0702. The van der Waals surface area contributed by atoms with Crippen LogP contribution in [0.25, 0.3) is 11.0 Å². The van der Waals surface area contributed by atoms with Crippen molar-refractivity contribution in [3.63, 3.8) is 0 Å². The van der Waals surface area contributed by atoms with Gasteiger partial charge in [-0.25, -0.2) is 14.8 Å². The van der Waals surface area contributed by atoms with Gasteiger partial charge in [-0.2, -0.15) is 5.10 Å². The first-order valence-electron chi connectivity index (χ1n) is 5.27. The highest BCUT2D eigenvalue weighted by atomic mass is 32.1. The number of carboxylic acids is 1. The van der Waals surface area contributed by atoms with Crippen LogP contribution in [-0.2, 0) is 7.05 Å². The summed E-state index contributed by atoms with van der Waals surface area (Å²) in [6.45, 7) is 0. The minimum Gasteiger partial charge on any atom is -0.477 e. The Morgan fingerprint density at radius 3 is 3.05 bits per heavy atom.